The molecule has 20 heteroatoms. The molecule has 15 nitrogen and oxygen atoms in total. The van der Waals surface area contributed by atoms with Gasteiger partial charge in [0, 0.05) is 71.5 Å². The summed E-state index contributed by atoms with van der Waals surface area (Å²) in [6.07, 6.45) is 4.42. The normalized spacial score (nSPS) is 18.9. The summed E-state index contributed by atoms with van der Waals surface area (Å²) in [7, 11) is 9.13. The van der Waals surface area contributed by atoms with E-state index in [1.165, 1.54) is 21.3 Å². The molecule has 4 atom stereocenters. The van der Waals surface area contributed by atoms with Crippen LogP contribution >= 0.6 is 55.1 Å². The number of amides is 1. The molecular formula is C44H55Br2Cl3N2O13. The SMILES string of the molecule is CC#Cc1cc(Br)c(CC(=O)N[C@@]2(C(=O)OC)CC[C@@H](COC)C2)c(OC)c1.CC#Cc1cc(Br)c(CC(=O)O)c(OC)c1.COC[C@@H]1CC[C@@]([NH3+])(C(=O)OC)C1.O=C(Cl)C(=O)Cl.[Cl-]. The fourth-order valence-electron chi connectivity index (χ4n) is 7.07. The van der Waals surface area contributed by atoms with Crippen molar-refractivity contribution < 1.29 is 80.4 Å². The fourth-order valence-corrected chi connectivity index (χ4v) is 8.24. The quantitative estimate of drug-likeness (QED) is 0.107. The Morgan fingerprint density at radius 1 is 0.734 bits per heavy atom. The number of methoxy groups -OCH3 is 6. The molecule has 4 rings (SSSR count). The number of carbonyl (C=O) groups is 6. The number of carboxylic acid groups (broad SMARTS) is 1. The van der Waals surface area contributed by atoms with Crippen LogP contribution in [0.25, 0.3) is 0 Å². The van der Waals surface area contributed by atoms with Crippen molar-refractivity contribution in [3.63, 3.8) is 0 Å². The highest BCUT2D eigenvalue weighted by Gasteiger charge is 2.48. The van der Waals surface area contributed by atoms with Crippen molar-refractivity contribution in [3.05, 3.63) is 55.5 Å². The maximum atomic E-state index is 12.8. The first-order valence-corrected chi connectivity index (χ1v) is 21.6. The van der Waals surface area contributed by atoms with E-state index in [1.54, 1.807) is 53.4 Å². The monoisotopic (exact) mass is 1080 g/mol. The summed E-state index contributed by atoms with van der Waals surface area (Å²) in [5.74, 6) is 11.5. The van der Waals surface area contributed by atoms with Gasteiger partial charge in [-0.2, -0.15) is 0 Å². The lowest BCUT2D eigenvalue weighted by Gasteiger charge is -2.28. The highest BCUT2D eigenvalue weighted by Crippen LogP contribution is 2.37. The molecule has 2 aromatic rings. The van der Waals surface area contributed by atoms with Crippen molar-refractivity contribution in [2.24, 2.45) is 11.8 Å². The van der Waals surface area contributed by atoms with Gasteiger partial charge in [0.1, 0.15) is 17.0 Å². The summed E-state index contributed by atoms with van der Waals surface area (Å²) in [6, 6.07) is 7.17. The van der Waals surface area contributed by atoms with Gasteiger partial charge in [-0.15, -0.1) is 11.8 Å². The van der Waals surface area contributed by atoms with Crippen LogP contribution in [0.4, 0.5) is 0 Å². The van der Waals surface area contributed by atoms with Crippen molar-refractivity contribution in [1.29, 1.82) is 0 Å². The second kappa shape index (κ2) is 30.3. The molecular weight excluding hydrogens is 1030 g/mol. The van der Waals surface area contributed by atoms with Gasteiger partial charge in [0.15, 0.2) is 5.54 Å². The van der Waals surface area contributed by atoms with E-state index < -0.39 is 33.5 Å². The molecule has 0 heterocycles. The summed E-state index contributed by atoms with van der Waals surface area (Å²) in [4.78, 5) is 66.2. The molecule has 2 aliphatic carbocycles. The molecule has 0 aliphatic heterocycles. The number of carboxylic acids is 1. The zero-order chi connectivity index (χ0) is 47.9. The Hall–Kier alpha value is -3.91. The minimum atomic E-state index is -1.14. The molecule has 64 heavy (non-hydrogen) atoms. The molecule has 0 radical (unpaired) electrons. The van der Waals surface area contributed by atoms with Crippen molar-refractivity contribution in [2.75, 3.05) is 55.9 Å². The number of quaternary nitrogens is 1. The van der Waals surface area contributed by atoms with E-state index in [2.05, 4.69) is 89.8 Å². The second-order valence-corrected chi connectivity index (χ2v) is 16.7. The number of carbonyl (C=O) groups excluding carboxylic acids is 5. The molecule has 0 aromatic heterocycles. The number of halogens is 5. The van der Waals surface area contributed by atoms with E-state index in [4.69, 9.17) is 33.5 Å². The van der Waals surface area contributed by atoms with E-state index in [0.717, 1.165) is 41.3 Å². The van der Waals surface area contributed by atoms with Crippen LogP contribution in [0, 0.1) is 35.5 Å². The minimum Gasteiger partial charge on any atom is -1.00 e. The number of benzene rings is 2. The highest BCUT2D eigenvalue weighted by molar-refractivity contribution is 9.10. The minimum absolute atomic E-state index is 0. The topological polar surface area (TPSA) is 218 Å². The maximum absolute atomic E-state index is 12.8. The van der Waals surface area contributed by atoms with Gasteiger partial charge < -0.3 is 57.0 Å². The van der Waals surface area contributed by atoms with E-state index in [1.807, 2.05) is 6.07 Å². The largest absolute Gasteiger partial charge is 1.00 e. The summed E-state index contributed by atoms with van der Waals surface area (Å²) < 4.78 is 32.0. The third kappa shape index (κ3) is 19.3. The Labute approximate surface area is 407 Å². The molecule has 354 valence electrons. The second-order valence-electron chi connectivity index (χ2n) is 14.3. The van der Waals surface area contributed by atoms with Crippen molar-refractivity contribution in [3.8, 4) is 35.2 Å². The number of aliphatic carboxylic acids is 1. The number of rotatable bonds is 14. The third-order valence-corrected chi connectivity index (χ3v) is 11.7. The first-order valence-electron chi connectivity index (χ1n) is 19.2. The number of hydrogen-bond acceptors (Lipinski definition) is 12. The number of hydrogen-bond donors (Lipinski definition) is 3. The predicted octanol–water partition coefficient (Wildman–Crippen LogP) is 2.41. The summed E-state index contributed by atoms with van der Waals surface area (Å²) in [5, 5.41) is 9.42. The van der Waals surface area contributed by atoms with E-state index in [0.29, 0.717) is 59.1 Å². The van der Waals surface area contributed by atoms with Crippen LogP contribution < -0.4 is 32.9 Å². The van der Waals surface area contributed by atoms with Crippen LogP contribution in [0.15, 0.2) is 33.2 Å². The summed E-state index contributed by atoms with van der Waals surface area (Å²) in [5.41, 5.74) is 5.32. The molecule has 5 N–H and O–H groups in total. The third-order valence-electron chi connectivity index (χ3n) is 9.81. The standard InChI is InChI=1S/C21H26BrNO5.C12H11BrO3.C9H17NO3.C2Cl2O2.ClH/c1-5-6-14-9-17(22)16(18(10-14)27-3)11-19(24)23-21(20(25)28-4)8-7-15(12-21)13-26-2;1-3-4-8-5-10(13)9(7-12(14)15)11(6-8)16-2;1-12-6-7-3-4-9(10,5-7)8(11)13-2;3-1(5)2(4)6;/h9-10,15H,7-8,11-13H2,1-4H3,(H,23,24);5-6H,7H2,1-2H3,(H,14,15);7H,3-6,10H2,1-2H3;;1H/t15-,21+;;7-,9+;;/m1.1../s1. The van der Waals surface area contributed by atoms with E-state index >= 15 is 0 Å². The Morgan fingerprint density at radius 2 is 1.17 bits per heavy atom. The lowest BCUT2D eigenvalue weighted by Crippen LogP contribution is -3.00. The van der Waals surface area contributed by atoms with Crippen LogP contribution in [0.1, 0.15) is 74.6 Å². The average Bonchev–Trinajstić information content (AvgIpc) is 3.83. The molecule has 2 aliphatic rings. The molecule has 0 spiro atoms. The molecule has 2 aromatic carbocycles. The zero-order valence-electron chi connectivity index (χ0n) is 37.0. The smallest absolute Gasteiger partial charge is 0.367 e. The molecule has 0 bridgehead atoms. The van der Waals surface area contributed by atoms with Gasteiger partial charge in [0.2, 0.25) is 5.91 Å². The van der Waals surface area contributed by atoms with Crippen LogP contribution in [0.2, 0.25) is 0 Å². The highest BCUT2D eigenvalue weighted by atomic mass is 79.9. The first kappa shape index (κ1) is 60.1. The van der Waals surface area contributed by atoms with Gasteiger partial charge in [0.05, 0.1) is 41.3 Å². The molecule has 0 unspecified atom stereocenters. The molecule has 2 saturated carbocycles. The number of ether oxygens (including phenoxy) is 6. The van der Waals surface area contributed by atoms with Gasteiger partial charge in [-0.3, -0.25) is 19.2 Å². The van der Waals surface area contributed by atoms with Gasteiger partial charge in [-0.1, -0.05) is 43.7 Å². The fraction of sp³-hybridized carbons (Fsp3) is 0.500. The summed E-state index contributed by atoms with van der Waals surface area (Å²) in [6.45, 7) is 4.76. The lowest BCUT2D eigenvalue weighted by atomic mass is 9.95. The van der Waals surface area contributed by atoms with Gasteiger partial charge >= 0.3 is 28.4 Å². The Kier molecular flexibility index (Phi) is 28.5. The van der Waals surface area contributed by atoms with Crippen LogP contribution in [0.5, 0.6) is 11.5 Å². The van der Waals surface area contributed by atoms with Gasteiger partial charge in [-0.05, 0) is 98.8 Å². The van der Waals surface area contributed by atoms with Gasteiger partial charge in [0.25, 0.3) is 0 Å². The molecule has 2 fully saturated rings. The van der Waals surface area contributed by atoms with E-state index in [9.17, 15) is 28.8 Å². The van der Waals surface area contributed by atoms with Crippen LogP contribution in [-0.2, 0) is 60.6 Å². The first-order chi connectivity index (χ1) is 29.7. The Bertz CT molecular complexity index is 2060. The van der Waals surface area contributed by atoms with Crippen molar-refractivity contribution in [2.45, 2.75) is 76.3 Å². The van der Waals surface area contributed by atoms with E-state index in [-0.39, 0.29) is 43.0 Å². The van der Waals surface area contributed by atoms with Crippen molar-refractivity contribution >= 4 is 89.4 Å². The van der Waals surface area contributed by atoms with Crippen LogP contribution in [-0.4, -0.2) is 106 Å². The maximum Gasteiger partial charge on any atom is 0.367 e. The summed E-state index contributed by atoms with van der Waals surface area (Å²) >= 11 is 15.8. The molecule has 1 amide bonds. The average molecular weight is 1090 g/mol. The Balaban J connectivity index is 0.000000932. The number of nitrogens with one attached hydrogen (secondary N) is 1. The predicted molar refractivity (Wildman–Crippen MR) is 242 cm³/mol. The molecule has 0 saturated heterocycles. The van der Waals surface area contributed by atoms with Crippen molar-refractivity contribution in [1.82, 2.24) is 5.32 Å². The van der Waals surface area contributed by atoms with Gasteiger partial charge in [-0.25, -0.2) is 9.59 Å². The zero-order valence-corrected chi connectivity index (χ0v) is 42.4. The van der Waals surface area contributed by atoms with Crippen LogP contribution in [0.3, 0.4) is 0 Å². The Morgan fingerprint density at radius 3 is 1.56 bits per heavy atom. The number of esters is 2. The lowest BCUT2D eigenvalue weighted by molar-refractivity contribution is -0.461.